The van der Waals surface area contributed by atoms with E-state index in [0.29, 0.717) is 13.0 Å². The van der Waals surface area contributed by atoms with Gasteiger partial charge in [0.25, 0.3) is 0 Å². The van der Waals surface area contributed by atoms with E-state index in [1.807, 2.05) is 48.2 Å². The highest BCUT2D eigenvalue weighted by Crippen LogP contribution is 2.35. The second kappa shape index (κ2) is 6.32. The van der Waals surface area contributed by atoms with Crippen molar-refractivity contribution in [3.63, 3.8) is 0 Å². The number of amides is 1. The highest BCUT2D eigenvalue weighted by Gasteiger charge is 2.28. The third-order valence-electron chi connectivity index (χ3n) is 4.21. The molecule has 0 radical (unpaired) electrons. The molecule has 0 N–H and O–H groups in total. The summed E-state index contributed by atoms with van der Waals surface area (Å²) in [6.07, 6.45) is 1.36. The van der Waals surface area contributed by atoms with E-state index in [-0.39, 0.29) is 12.0 Å². The second-order valence-electron chi connectivity index (χ2n) is 5.78. The van der Waals surface area contributed by atoms with Crippen molar-refractivity contribution >= 4 is 11.6 Å². The van der Waals surface area contributed by atoms with Crippen LogP contribution in [0.15, 0.2) is 48.5 Å². The molecule has 2 aromatic carbocycles. The summed E-state index contributed by atoms with van der Waals surface area (Å²) in [7, 11) is 1.73. The first-order valence-electron chi connectivity index (χ1n) is 7.66. The van der Waals surface area contributed by atoms with E-state index in [2.05, 4.69) is 12.1 Å². The van der Waals surface area contributed by atoms with Crippen molar-refractivity contribution in [2.45, 2.75) is 25.9 Å². The second-order valence-corrected chi connectivity index (χ2v) is 5.78. The SMILES string of the molecule is COC1CCN(C(=O)Cc2cccc(C)c2)c2ccccc21. The van der Waals surface area contributed by atoms with E-state index in [1.54, 1.807) is 7.11 Å². The van der Waals surface area contributed by atoms with Gasteiger partial charge in [-0.2, -0.15) is 0 Å². The number of hydrogen-bond donors (Lipinski definition) is 0. The largest absolute Gasteiger partial charge is 0.377 e. The summed E-state index contributed by atoms with van der Waals surface area (Å²) in [5, 5.41) is 0. The number of aryl methyl sites for hydroxylation is 1. The number of carbonyl (C=O) groups excluding carboxylic acids is 1. The molecule has 3 rings (SSSR count). The normalized spacial score (nSPS) is 17.2. The number of nitrogens with zero attached hydrogens (tertiary/aromatic N) is 1. The average Bonchev–Trinajstić information content (AvgIpc) is 2.53. The van der Waals surface area contributed by atoms with Crippen LogP contribution >= 0.6 is 0 Å². The fraction of sp³-hybridized carbons (Fsp3) is 0.316. The number of ether oxygens (including phenoxy) is 1. The first kappa shape index (κ1) is 14.8. The number of carbonyl (C=O) groups is 1. The average molecular weight is 295 g/mol. The monoisotopic (exact) mass is 295 g/mol. The Balaban J connectivity index is 1.84. The molecular weight excluding hydrogens is 274 g/mol. The van der Waals surface area contributed by atoms with E-state index in [0.717, 1.165) is 23.2 Å². The van der Waals surface area contributed by atoms with Gasteiger partial charge >= 0.3 is 0 Å². The van der Waals surface area contributed by atoms with Gasteiger partial charge in [-0.1, -0.05) is 48.0 Å². The van der Waals surface area contributed by atoms with Crippen molar-refractivity contribution in [2.75, 3.05) is 18.6 Å². The minimum Gasteiger partial charge on any atom is -0.377 e. The van der Waals surface area contributed by atoms with Gasteiger partial charge in [-0.25, -0.2) is 0 Å². The lowest BCUT2D eigenvalue weighted by atomic mass is 9.98. The van der Waals surface area contributed by atoms with Crippen LogP contribution in [-0.4, -0.2) is 19.6 Å². The van der Waals surface area contributed by atoms with Crippen molar-refractivity contribution in [1.82, 2.24) is 0 Å². The number of benzene rings is 2. The van der Waals surface area contributed by atoms with Crippen molar-refractivity contribution in [2.24, 2.45) is 0 Å². The van der Waals surface area contributed by atoms with Crippen molar-refractivity contribution < 1.29 is 9.53 Å². The van der Waals surface area contributed by atoms with Crippen LogP contribution in [0.3, 0.4) is 0 Å². The Morgan fingerprint density at radius 2 is 2.05 bits per heavy atom. The molecule has 22 heavy (non-hydrogen) atoms. The number of hydrogen-bond acceptors (Lipinski definition) is 2. The van der Waals surface area contributed by atoms with Crippen LogP contribution in [0.5, 0.6) is 0 Å². The van der Waals surface area contributed by atoms with Gasteiger partial charge in [0.15, 0.2) is 0 Å². The highest BCUT2D eigenvalue weighted by molar-refractivity contribution is 5.96. The fourth-order valence-corrected chi connectivity index (χ4v) is 3.12. The molecule has 0 fully saturated rings. The van der Waals surface area contributed by atoms with Gasteiger partial charge in [0.1, 0.15) is 0 Å². The molecule has 114 valence electrons. The van der Waals surface area contributed by atoms with Gasteiger partial charge in [-0.3, -0.25) is 4.79 Å². The van der Waals surface area contributed by atoms with Crippen molar-refractivity contribution in [3.05, 3.63) is 65.2 Å². The smallest absolute Gasteiger partial charge is 0.231 e. The molecular formula is C19H21NO2. The number of anilines is 1. The summed E-state index contributed by atoms with van der Waals surface area (Å²) in [6, 6.07) is 16.2. The molecule has 1 aliphatic heterocycles. The standard InChI is InChI=1S/C19H21NO2/c1-14-6-5-7-15(12-14)13-19(21)20-11-10-18(22-2)16-8-3-4-9-17(16)20/h3-9,12,18H,10-11,13H2,1-2H3. The van der Waals surface area contributed by atoms with Crippen LogP contribution in [0, 0.1) is 6.92 Å². The molecule has 1 atom stereocenters. The van der Waals surface area contributed by atoms with Gasteiger partial charge in [-0.15, -0.1) is 0 Å². The summed E-state index contributed by atoms with van der Waals surface area (Å²) in [6.45, 7) is 2.76. The first-order chi connectivity index (χ1) is 10.7. The summed E-state index contributed by atoms with van der Waals surface area (Å²) >= 11 is 0. The molecule has 0 saturated carbocycles. The van der Waals surface area contributed by atoms with Gasteiger partial charge < -0.3 is 9.64 Å². The van der Waals surface area contributed by atoms with E-state index in [9.17, 15) is 4.79 Å². The Morgan fingerprint density at radius 1 is 1.23 bits per heavy atom. The lowest BCUT2D eigenvalue weighted by Gasteiger charge is -2.33. The third-order valence-corrected chi connectivity index (χ3v) is 4.21. The molecule has 0 spiro atoms. The van der Waals surface area contributed by atoms with Crippen LogP contribution in [-0.2, 0) is 16.0 Å². The molecule has 1 heterocycles. The van der Waals surface area contributed by atoms with Crippen molar-refractivity contribution in [3.8, 4) is 0 Å². The number of rotatable bonds is 3. The molecule has 1 unspecified atom stereocenters. The minimum absolute atomic E-state index is 0.0826. The van der Waals surface area contributed by atoms with Crippen LogP contribution in [0.1, 0.15) is 29.2 Å². The Morgan fingerprint density at radius 3 is 2.82 bits per heavy atom. The molecule has 0 aliphatic carbocycles. The number of para-hydroxylation sites is 1. The van der Waals surface area contributed by atoms with E-state index < -0.39 is 0 Å². The predicted octanol–water partition coefficient (Wildman–Crippen LogP) is 3.66. The predicted molar refractivity (Wildman–Crippen MR) is 88.0 cm³/mol. The maximum Gasteiger partial charge on any atom is 0.231 e. The van der Waals surface area contributed by atoms with Crippen LogP contribution in [0.2, 0.25) is 0 Å². The Bertz CT molecular complexity index is 681. The number of fused-ring (bicyclic) bond motifs is 1. The minimum atomic E-state index is 0.0826. The van der Waals surface area contributed by atoms with Gasteiger partial charge in [0.05, 0.1) is 12.5 Å². The Labute approximate surface area is 131 Å². The van der Waals surface area contributed by atoms with Crippen LogP contribution in [0.25, 0.3) is 0 Å². The fourth-order valence-electron chi connectivity index (χ4n) is 3.12. The van der Waals surface area contributed by atoms with Crippen LogP contribution in [0.4, 0.5) is 5.69 Å². The van der Waals surface area contributed by atoms with Gasteiger partial charge in [0.2, 0.25) is 5.91 Å². The molecule has 1 aliphatic rings. The Kier molecular flexibility index (Phi) is 4.25. The quantitative estimate of drug-likeness (QED) is 0.865. The third kappa shape index (κ3) is 2.90. The molecule has 0 aromatic heterocycles. The lowest BCUT2D eigenvalue weighted by Crippen LogP contribution is -2.38. The zero-order valence-electron chi connectivity index (χ0n) is 13.1. The van der Waals surface area contributed by atoms with E-state index >= 15 is 0 Å². The summed E-state index contributed by atoms with van der Waals surface area (Å²) in [5.41, 5.74) is 4.34. The maximum atomic E-state index is 12.7. The highest BCUT2D eigenvalue weighted by atomic mass is 16.5. The maximum absolute atomic E-state index is 12.7. The summed E-state index contributed by atoms with van der Waals surface area (Å²) < 4.78 is 5.54. The van der Waals surface area contributed by atoms with E-state index in [4.69, 9.17) is 4.74 Å². The summed E-state index contributed by atoms with van der Waals surface area (Å²) in [4.78, 5) is 14.6. The topological polar surface area (TPSA) is 29.5 Å². The zero-order chi connectivity index (χ0) is 15.5. The number of methoxy groups -OCH3 is 1. The molecule has 3 nitrogen and oxygen atoms in total. The molecule has 3 heteroatoms. The van der Waals surface area contributed by atoms with Gasteiger partial charge in [-0.05, 0) is 25.0 Å². The Hall–Kier alpha value is -2.13. The van der Waals surface area contributed by atoms with E-state index in [1.165, 1.54) is 5.56 Å². The molecule has 2 aromatic rings. The van der Waals surface area contributed by atoms with Gasteiger partial charge in [0, 0.05) is 24.9 Å². The lowest BCUT2D eigenvalue weighted by molar-refractivity contribution is -0.118. The van der Waals surface area contributed by atoms with Crippen LogP contribution < -0.4 is 4.90 Å². The summed E-state index contributed by atoms with van der Waals surface area (Å²) in [5.74, 6) is 0.146. The molecule has 0 bridgehead atoms. The molecule has 1 amide bonds. The molecule has 0 saturated heterocycles. The van der Waals surface area contributed by atoms with Crippen molar-refractivity contribution in [1.29, 1.82) is 0 Å². The zero-order valence-corrected chi connectivity index (χ0v) is 13.1. The first-order valence-corrected chi connectivity index (χ1v) is 7.66.